The topological polar surface area (TPSA) is 71.5 Å². The van der Waals surface area contributed by atoms with Gasteiger partial charge in [-0.15, -0.1) is 0 Å². The normalized spacial score (nSPS) is 51.8. The molecule has 0 saturated carbocycles. The Morgan fingerprint density at radius 2 is 2.08 bits per heavy atom. The van der Waals surface area contributed by atoms with Crippen molar-refractivity contribution in [2.75, 3.05) is 13.7 Å². The van der Waals surface area contributed by atoms with Crippen LogP contribution in [0.3, 0.4) is 0 Å². The molecule has 2 N–H and O–H groups in total. The first-order valence-corrected chi connectivity index (χ1v) is 3.90. The summed E-state index contributed by atoms with van der Waals surface area (Å²) < 4.78 is 15.2. The molecule has 2 heterocycles. The van der Waals surface area contributed by atoms with E-state index in [2.05, 4.69) is 0 Å². The fraction of sp³-hybridized carbons (Fsp3) is 1.00. The fourth-order valence-electron chi connectivity index (χ4n) is 1.54. The number of epoxide rings is 1. The van der Waals surface area contributed by atoms with Crippen molar-refractivity contribution in [1.29, 1.82) is 0 Å². The van der Waals surface area contributed by atoms with Crippen molar-refractivity contribution in [3.05, 3.63) is 0 Å². The zero-order valence-electron chi connectivity index (χ0n) is 6.71. The van der Waals surface area contributed by atoms with Gasteiger partial charge in [0.15, 0.2) is 6.29 Å². The van der Waals surface area contributed by atoms with Gasteiger partial charge >= 0.3 is 0 Å². The van der Waals surface area contributed by atoms with Gasteiger partial charge in [-0.25, -0.2) is 0 Å². The highest BCUT2D eigenvalue weighted by molar-refractivity contribution is 5.01. The van der Waals surface area contributed by atoms with Gasteiger partial charge in [0.2, 0.25) is 0 Å². The monoisotopic (exact) mass is 176 g/mol. The van der Waals surface area contributed by atoms with E-state index in [1.165, 1.54) is 7.11 Å². The minimum Gasteiger partial charge on any atom is -0.394 e. The Morgan fingerprint density at radius 1 is 1.33 bits per heavy atom. The Kier molecular flexibility index (Phi) is 2.05. The van der Waals surface area contributed by atoms with Gasteiger partial charge in [-0.1, -0.05) is 0 Å². The Morgan fingerprint density at radius 3 is 2.67 bits per heavy atom. The summed E-state index contributed by atoms with van der Waals surface area (Å²) in [5.41, 5.74) is 0. The lowest BCUT2D eigenvalue weighted by atomic mass is 10.1. The largest absolute Gasteiger partial charge is 0.394 e. The zero-order chi connectivity index (χ0) is 8.72. The minimum atomic E-state index is -0.734. The van der Waals surface area contributed by atoms with Crippen LogP contribution in [0.4, 0.5) is 0 Å². The molecule has 0 aliphatic carbocycles. The van der Waals surface area contributed by atoms with E-state index < -0.39 is 12.4 Å². The van der Waals surface area contributed by atoms with Crippen LogP contribution < -0.4 is 0 Å². The van der Waals surface area contributed by atoms with E-state index in [-0.39, 0.29) is 24.9 Å². The standard InChI is InChI=1S/C7H12O5/c1-10-7-4(9)6-5(12-6)3(2-8)11-7/h3-9H,2H2,1H3/t3-,4+,5+,6-,7+/m1/s1. The highest BCUT2D eigenvalue weighted by Crippen LogP contribution is 2.37. The molecule has 5 nitrogen and oxygen atoms in total. The lowest BCUT2D eigenvalue weighted by molar-refractivity contribution is -0.223. The molecule has 0 bridgehead atoms. The lowest BCUT2D eigenvalue weighted by Gasteiger charge is -2.28. The Balaban J connectivity index is 2.01. The van der Waals surface area contributed by atoms with Crippen LogP contribution in [0, 0.1) is 0 Å². The van der Waals surface area contributed by atoms with E-state index in [0.29, 0.717) is 0 Å². The van der Waals surface area contributed by atoms with Gasteiger partial charge in [-0.2, -0.15) is 0 Å². The van der Waals surface area contributed by atoms with Crippen molar-refractivity contribution in [1.82, 2.24) is 0 Å². The molecule has 0 radical (unpaired) electrons. The average molecular weight is 176 g/mol. The van der Waals surface area contributed by atoms with E-state index in [1.54, 1.807) is 0 Å². The molecule has 12 heavy (non-hydrogen) atoms. The number of aliphatic hydroxyl groups is 2. The van der Waals surface area contributed by atoms with Crippen LogP contribution in [-0.4, -0.2) is 54.6 Å². The number of rotatable bonds is 2. The Labute approximate surface area is 69.8 Å². The predicted molar refractivity (Wildman–Crippen MR) is 37.4 cm³/mol. The van der Waals surface area contributed by atoms with Crippen LogP contribution in [0.25, 0.3) is 0 Å². The molecule has 70 valence electrons. The summed E-state index contributed by atoms with van der Waals surface area (Å²) >= 11 is 0. The van der Waals surface area contributed by atoms with Gasteiger partial charge in [0.1, 0.15) is 24.4 Å². The van der Waals surface area contributed by atoms with Crippen LogP contribution in [0.1, 0.15) is 0 Å². The van der Waals surface area contributed by atoms with Crippen LogP contribution in [0.15, 0.2) is 0 Å². The van der Waals surface area contributed by atoms with Crippen LogP contribution >= 0.6 is 0 Å². The van der Waals surface area contributed by atoms with Gasteiger partial charge in [0.05, 0.1) is 6.61 Å². The van der Waals surface area contributed by atoms with Gasteiger partial charge in [0, 0.05) is 7.11 Å². The zero-order valence-corrected chi connectivity index (χ0v) is 6.71. The minimum absolute atomic E-state index is 0.103. The van der Waals surface area contributed by atoms with Gasteiger partial charge < -0.3 is 24.4 Å². The average Bonchev–Trinajstić information content (AvgIpc) is 2.85. The highest BCUT2D eigenvalue weighted by atomic mass is 16.7. The third kappa shape index (κ3) is 1.14. The van der Waals surface area contributed by atoms with Crippen molar-refractivity contribution in [3.8, 4) is 0 Å². The van der Waals surface area contributed by atoms with E-state index >= 15 is 0 Å². The molecule has 2 aliphatic rings. The lowest BCUT2D eigenvalue weighted by Crippen LogP contribution is -2.47. The molecule has 2 fully saturated rings. The van der Waals surface area contributed by atoms with Crippen molar-refractivity contribution in [2.45, 2.75) is 30.7 Å². The second-order valence-corrected chi connectivity index (χ2v) is 3.02. The highest BCUT2D eigenvalue weighted by Gasteiger charge is 2.57. The molecule has 0 aromatic rings. The number of methoxy groups -OCH3 is 1. The van der Waals surface area contributed by atoms with E-state index in [4.69, 9.17) is 19.3 Å². The number of hydrogen-bond acceptors (Lipinski definition) is 5. The van der Waals surface area contributed by atoms with Crippen molar-refractivity contribution in [3.63, 3.8) is 0 Å². The summed E-state index contributed by atoms with van der Waals surface area (Å²) in [4.78, 5) is 0. The molecule has 5 atom stereocenters. The maximum atomic E-state index is 9.44. The van der Waals surface area contributed by atoms with Gasteiger partial charge in [0.25, 0.3) is 0 Å². The second-order valence-electron chi connectivity index (χ2n) is 3.02. The van der Waals surface area contributed by atoms with E-state index in [9.17, 15) is 5.11 Å². The maximum absolute atomic E-state index is 9.44. The third-order valence-electron chi connectivity index (χ3n) is 2.26. The van der Waals surface area contributed by atoms with Crippen LogP contribution in [-0.2, 0) is 14.2 Å². The summed E-state index contributed by atoms with van der Waals surface area (Å²) in [5, 5.41) is 18.3. The molecule has 2 aliphatic heterocycles. The van der Waals surface area contributed by atoms with Crippen LogP contribution in [0.5, 0.6) is 0 Å². The molecule has 2 rings (SSSR count). The smallest absolute Gasteiger partial charge is 0.186 e. The summed E-state index contributed by atoms with van der Waals surface area (Å²) in [6, 6.07) is 0. The predicted octanol–water partition coefficient (Wildman–Crippen LogP) is -1.52. The molecular weight excluding hydrogens is 164 g/mol. The molecule has 0 aromatic heterocycles. The maximum Gasteiger partial charge on any atom is 0.186 e. The summed E-state index contributed by atoms with van der Waals surface area (Å²) in [7, 11) is 1.45. The third-order valence-corrected chi connectivity index (χ3v) is 2.26. The molecule has 0 unspecified atom stereocenters. The molecular formula is C7H12O5. The molecule has 0 aromatic carbocycles. The molecule has 2 saturated heterocycles. The number of fused-ring (bicyclic) bond motifs is 1. The van der Waals surface area contributed by atoms with Crippen molar-refractivity contribution in [2.24, 2.45) is 0 Å². The Hall–Kier alpha value is -0.200. The van der Waals surface area contributed by atoms with Crippen molar-refractivity contribution >= 4 is 0 Å². The first-order chi connectivity index (χ1) is 5.77. The SMILES string of the molecule is CO[C@H]1O[C@H](CO)[C@@H]2O[C@@H]2[C@@H]1O. The summed E-state index contributed by atoms with van der Waals surface area (Å²) in [6.07, 6.45) is -2.14. The number of aliphatic hydroxyl groups excluding tert-OH is 2. The van der Waals surface area contributed by atoms with Gasteiger partial charge in [-0.3, -0.25) is 0 Å². The fourth-order valence-corrected chi connectivity index (χ4v) is 1.54. The second kappa shape index (κ2) is 2.93. The quantitative estimate of drug-likeness (QED) is 0.500. The van der Waals surface area contributed by atoms with Gasteiger partial charge in [-0.05, 0) is 0 Å². The molecule has 0 spiro atoms. The first-order valence-electron chi connectivity index (χ1n) is 3.90. The number of ether oxygens (including phenoxy) is 3. The Bertz CT molecular complexity index is 173. The van der Waals surface area contributed by atoms with E-state index in [0.717, 1.165) is 0 Å². The summed E-state index contributed by atoms with van der Waals surface area (Å²) in [6.45, 7) is -0.103. The summed E-state index contributed by atoms with van der Waals surface area (Å²) in [5.74, 6) is 0. The molecule has 0 amide bonds. The number of hydrogen-bond donors (Lipinski definition) is 2. The van der Waals surface area contributed by atoms with E-state index in [1.807, 2.05) is 0 Å². The molecule has 5 heteroatoms. The first kappa shape index (κ1) is 8.40. The van der Waals surface area contributed by atoms with Crippen molar-refractivity contribution < 1.29 is 24.4 Å². The van der Waals surface area contributed by atoms with Crippen LogP contribution in [0.2, 0.25) is 0 Å².